The number of anilines is 1. The quantitative estimate of drug-likeness (QED) is 0.730. The lowest BCUT2D eigenvalue weighted by molar-refractivity contribution is -0.137. The van der Waals surface area contributed by atoms with Crippen LogP contribution in [0, 0.1) is 5.41 Å². The minimum absolute atomic E-state index is 0.234. The molecule has 0 aliphatic rings. The zero-order valence-corrected chi connectivity index (χ0v) is 12.5. The molecule has 0 aliphatic heterocycles. The second kappa shape index (κ2) is 6.38. The first kappa shape index (κ1) is 16.7. The van der Waals surface area contributed by atoms with Crippen LogP contribution in [0.3, 0.4) is 0 Å². The standard InChI is InChI=1S/C13H20N4O4/c1-8(14-12(21)13(2,3)4)11(20)15-9-5-6-17(16-9)7-10(18)19/h5-6,8H,7H2,1-4H3,(H,14,21)(H,18,19)(H,15,16,20). The predicted octanol–water partition coefficient (Wildman–Crippen LogP) is 0.457. The maximum absolute atomic E-state index is 11.9. The number of nitrogens with zero attached hydrogens (tertiary/aromatic N) is 2. The van der Waals surface area contributed by atoms with Crippen LogP contribution in [-0.4, -0.2) is 38.7 Å². The van der Waals surface area contributed by atoms with Crippen molar-refractivity contribution in [2.24, 2.45) is 5.41 Å². The molecule has 116 valence electrons. The van der Waals surface area contributed by atoms with Gasteiger partial charge in [-0.15, -0.1) is 0 Å². The first-order valence-electron chi connectivity index (χ1n) is 6.46. The van der Waals surface area contributed by atoms with Gasteiger partial charge in [0.1, 0.15) is 12.6 Å². The molecule has 2 amide bonds. The number of hydrogen-bond acceptors (Lipinski definition) is 4. The summed E-state index contributed by atoms with van der Waals surface area (Å²) in [6.07, 6.45) is 1.45. The molecule has 8 heteroatoms. The van der Waals surface area contributed by atoms with Crippen molar-refractivity contribution >= 4 is 23.6 Å². The first-order chi connectivity index (χ1) is 9.59. The summed E-state index contributed by atoms with van der Waals surface area (Å²) < 4.78 is 1.19. The molecule has 0 bridgehead atoms. The second-order valence-corrected chi connectivity index (χ2v) is 5.73. The van der Waals surface area contributed by atoms with E-state index in [1.165, 1.54) is 16.9 Å². The summed E-state index contributed by atoms with van der Waals surface area (Å²) in [5.74, 6) is -1.45. The summed E-state index contributed by atoms with van der Waals surface area (Å²) in [5.41, 5.74) is -0.586. The molecule has 21 heavy (non-hydrogen) atoms. The average Bonchev–Trinajstić information content (AvgIpc) is 2.73. The number of carbonyl (C=O) groups excluding carboxylic acids is 2. The molecule has 1 aromatic heterocycles. The maximum atomic E-state index is 11.9. The van der Waals surface area contributed by atoms with Crippen molar-refractivity contribution in [1.82, 2.24) is 15.1 Å². The van der Waals surface area contributed by atoms with Crippen molar-refractivity contribution in [1.29, 1.82) is 0 Å². The molecule has 0 aromatic carbocycles. The fourth-order valence-corrected chi connectivity index (χ4v) is 1.37. The maximum Gasteiger partial charge on any atom is 0.325 e. The number of rotatable bonds is 5. The average molecular weight is 296 g/mol. The van der Waals surface area contributed by atoms with E-state index in [0.717, 1.165) is 0 Å². The molecule has 0 saturated heterocycles. The number of carboxylic acids is 1. The van der Waals surface area contributed by atoms with Gasteiger partial charge in [0.05, 0.1) is 0 Å². The van der Waals surface area contributed by atoms with Gasteiger partial charge in [-0.3, -0.25) is 19.1 Å². The third kappa shape index (κ3) is 5.25. The van der Waals surface area contributed by atoms with Crippen LogP contribution in [0.2, 0.25) is 0 Å². The number of nitrogens with one attached hydrogen (secondary N) is 2. The van der Waals surface area contributed by atoms with Gasteiger partial charge < -0.3 is 15.7 Å². The van der Waals surface area contributed by atoms with Crippen LogP contribution in [0.1, 0.15) is 27.7 Å². The van der Waals surface area contributed by atoms with Crippen LogP contribution in [0.5, 0.6) is 0 Å². The minimum atomic E-state index is -1.03. The van der Waals surface area contributed by atoms with E-state index in [4.69, 9.17) is 5.11 Å². The van der Waals surface area contributed by atoms with E-state index in [1.807, 2.05) is 0 Å². The third-order valence-corrected chi connectivity index (χ3v) is 2.61. The number of aliphatic carboxylic acids is 1. The second-order valence-electron chi connectivity index (χ2n) is 5.73. The summed E-state index contributed by atoms with van der Waals surface area (Å²) in [6, 6.07) is 0.764. The summed E-state index contributed by atoms with van der Waals surface area (Å²) in [4.78, 5) is 34.2. The molecule has 8 nitrogen and oxygen atoms in total. The Balaban J connectivity index is 2.58. The molecule has 0 fully saturated rings. The van der Waals surface area contributed by atoms with E-state index in [0.29, 0.717) is 0 Å². The summed E-state index contributed by atoms with van der Waals surface area (Å²) >= 11 is 0. The normalized spacial score (nSPS) is 12.6. The zero-order chi connectivity index (χ0) is 16.2. The van der Waals surface area contributed by atoms with E-state index in [-0.39, 0.29) is 18.3 Å². The Labute approximate surface area is 122 Å². The van der Waals surface area contributed by atoms with Gasteiger partial charge in [0, 0.05) is 17.7 Å². The molecule has 1 atom stereocenters. The molecule has 0 aliphatic carbocycles. The van der Waals surface area contributed by atoms with Crippen molar-refractivity contribution in [3.63, 3.8) is 0 Å². The molecule has 0 saturated carbocycles. The smallest absolute Gasteiger partial charge is 0.325 e. The molecular formula is C13H20N4O4. The van der Waals surface area contributed by atoms with Crippen molar-refractivity contribution in [3.05, 3.63) is 12.3 Å². The Morgan fingerprint density at radius 3 is 2.52 bits per heavy atom. The van der Waals surface area contributed by atoms with E-state index >= 15 is 0 Å². The van der Waals surface area contributed by atoms with Gasteiger partial charge in [-0.05, 0) is 6.92 Å². The number of carboxylic acid groups (broad SMARTS) is 1. The van der Waals surface area contributed by atoms with Gasteiger partial charge in [0.2, 0.25) is 11.8 Å². The first-order valence-corrected chi connectivity index (χ1v) is 6.46. The van der Waals surface area contributed by atoms with Gasteiger partial charge in [-0.2, -0.15) is 5.10 Å². The Kier molecular flexibility index (Phi) is 5.07. The van der Waals surface area contributed by atoms with Gasteiger partial charge in [0.15, 0.2) is 5.82 Å². The van der Waals surface area contributed by atoms with Gasteiger partial charge in [-0.1, -0.05) is 20.8 Å². The van der Waals surface area contributed by atoms with Crippen LogP contribution in [0.25, 0.3) is 0 Å². The van der Waals surface area contributed by atoms with Crippen LogP contribution >= 0.6 is 0 Å². The summed E-state index contributed by atoms with van der Waals surface area (Å²) in [6.45, 7) is 6.53. The zero-order valence-electron chi connectivity index (χ0n) is 12.5. The Hall–Kier alpha value is -2.38. The summed E-state index contributed by atoms with van der Waals surface area (Å²) in [7, 11) is 0. The highest BCUT2D eigenvalue weighted by atomic mass is 16.4. The van der Waals surface area contributed by atoms with E-state index in [2.05, 4.69) is 15.7 Å². The highest BCUT2D eigenvalue weighted by molar-refractivity contribution is 5.96. The highest BCUT2D eigenvalue weighted by Crippen LogP contribution is 2.13. The molecule has 0 spiro atoms. The Morgan fingerprint density at radius 1 is 1.38 bits per heavy atom. The van der Waals surface area contributed by atoms with Crippen LogP contribution in [-0.2, 0) is 20.9 Å². The Morgan fingerprint density at radius 2 is 2.00 bits per heavy atom. The van der Waals surface area contributed by atoms with E-state index in [1.54, 1.807) is 27.7 Å². The molecule has 1 heterocycles. The topological polar surface area (TPSA) is 113 Å². The fraction of sp³-hybridized carbons (Fsp3) is 0.538. The number of carbonyl (C=O) groups is 3. The van der Waals surface area contributed by atoms with Crippen molar-refractivity contribution in [3.8, 4) is 0 Å². The van der Waals surface area contributed by atoms with Crippen LogP contribution < -0.4 is 10.6 Å². The molecule has 0 radical (unpaired) electrons. The lowest BCUT2D eigenvalue weighted by Gasteiger charge is -2.21. The van der Waals surface area contributed by atoms with Crippen molar-refractivity contribution < 1.29 is 19.5 Å². The van der Waals surface area contributed by atoms with E-state index in [9.17, 15) is 14.4 Å². The molecular weight excluding hydrogens is 276 g/mol. The van der Waals surface area contributed by atoms with Crippen LogP contribution in [0.4, 0.5) is 5.82 Å². The van der Waals surface area contributed by atoms with Crippen LogP contribution in [0.15, 0.2) is 12.3 Å². The Bertz CT molecular complexity index is 545. The van der Waals surface area contributed by atoms with Gasteiger partial charge in [-0.25, -0.2) is 0 Å². The van der Waals surface area contributed by atoms with Gasteiger partial charge >= 0.3 is 5.97 Å². The SMILES string of the molecule is CC(NC(=O)C(C)(C)C)C(=O)Nc1ccn(CC(=O)O)n1. The number of hydrogen-bond donors (Lipinski definition) is 3. The molecule has 1 unspecified atom stereocenters. The largest absolute Gasteiger partial charge is 0.480 e. The third-order valence-electron chi connectivity index (χ3n) is 2.61. The number of amides is 2. The molecule has 1 aromatic rings. The van der Waals surface area contributed by atoms with Gasteiger partial charge in [0.25, 0.3) is 0 Å². The minimum Gasteiger partial charge on any atom is -0.480 e. The summed E-state index contributed by atoms with van der Waals surface area (Å²) in [5, 5.41) is 17.6. The monoisotopic (exact) mass is 296 g/mol. The van der Waals surface area contributed by atoms with E-state index < -0.39 is 23.3 Å². The van der Waals surface area contributed by atoms with Crippen molar-refractivity contribution in [2.75, 3.05) is 5.32 Å². The lowest BCUT2D eigenvalue weighted by Crippen LogP contribution is -2.46. The fourth-order valence-electron chi connectivity index (χ4n) is 1.37. The number of aromatic nitrogens is 2. The van der Waals surface area contributed by atoms with Crippen molar-refractivity contribution in [2.45, 2.75) is 40.3 Å². The lowest BCUT2D eigenvalue weighted by atomic mass is 9.95. The predicted molar refractivity (Wildman–Crippen MR) is 75.6 cm³/mol. The molecule has 3 N–H and O–H groups in total. The molecule has 1 rings (SSSR count). The highest BCUT2D eigenvalue weighted by Gasteiger charge is 2.25.